The maximum absolute atomic E-state index is 13.3. The van der Waals surface area contributed by atoms with E-state index in [4.69, 9.17) is 27.9 Å². The Labute approximate surface area is 250 Å². The predicted octanol–water partition coefficient (Wildman–Crippen LogP) is 3.46. The molecular weight excluding hydrogens is 564 g/mol. The number of carbonyl (C=O) groups excluding carboxylic acids is 1. The van der Waals surface area contributed by atoms with Crippen LogP contribution in [-0.4, -0.2) is 26.0 Å². The molecule has 1 amide bonds. The summed E-state index contributed by atoms with van der Waals surface area (Å²) in [5, 5.41) is 25.4. The molecule has 0 saturated heterocycles. The van der Waals surface area contributed by atoms with E-state index in [9.17, 15) is 22.9 Å². The summed E-state index contributed by atoms with van der Waals surface area (Å²) in [4.78, 5) is 12.7. The number of hydrogen-bond donors (Lipinski definition) is 2. The Balaban J connectivity index is 0.00000400. The van der Waals surface area contributed by atoms with E-state index in [-0.39, 0.29) is 62.0 Å². The van der Waals surface area contributed by atoms with Crippen LogP contribution in [0.4, 0.5) is 17.1 Å². The van der Waals surface area contributed by atoms with Gasteiger partial charge in [0.05, 0.1) is 27.7 Å². The van der Waals surface area contributed by atoms with Gasteiger partial charge in [0.25, 0.3) is 16.0 Å². The van der Waals surface area contributed by atoms with Crippen LogP contribution >= 0.6 is 23.2 Å². The van der Waals surface area contributed by atoms with Gasteiger partial charge in [-0.3, -0.25) is 9.35 Å². The first-order chi connectivity index (χ1) is 17.5. The smallest absolute Gasteiger partial charge is 0.870 e. The fraction of sp³-hybridized carbons (Fsp3) is 0.0800. The van der Waals surface area contributed by atoms with Crippen LogP contribution in [0.2, 0.25) is 10.0 Å². The van der Waals surface area contributed by atoms with Crippen molar-refractivity contribution in [2.75, 3.05) is 12.4 Å². The number of halogens is 2. The molecule has 13 heteroatoms. The summed E-state index contributed by atoms with van der Waals surface area (Å²) in [6, 6.07) is 15.3. The SMILES string of the molecule is COc1cc(NC(=O)c2cc3ccccc3c(N=Nc3ccc(S(=O)(=O)O)c(C)c3Cl)c2[O-])ccc1Cl.[Na+]. The van der Waals surface area contributed by atoms with Crippen LogP contribution in [-0.2, 0) is 10.1 Å². The second-order valence-electron chi connectivity index (χ2n) is 7.82. The standard InChI is InChI=1S/C25H19Cl2N3O6S.Na/c1-13-21(37(33,34)35)10-9-19(22(13)27)29-30-23-16-6-4-3-5-14(16)11-17(24(23)31)25(32)28-15-7-8-18(26)20(12-15)36-2;/h3-12,31H,1-2H3,(H,28,32)(H,33,34,35);/q;+1/p-1. The van der Waals surface area contributed by atoms with Gasteiger partial charge in [-0.2, -0.15) is 13.5 Å². The second-order valence-corrected chi connectivity index (χ2v) is 10.00. The summed E-state index contributed by atoms with van der Waals surface area (Å²) < 4.78 is 37.6. The molecule has 0 radical (unpaired) electrons. The molecule has 190 valence electrons. The first kappa shape index (κ1) is 29.9. The van der Waals surface area contributed by atoms with Crippen molar-refractivity contribution in [2.45, 2.75) is 11.8 Å². The summed E-state index contributed by atoms with van der Waals surface area (Å²) in [6.45, 7) is 1.40. The van der Waals surface area contributed by atoms with E-state index in [0.717, 1.165) is 6.07 Å². The molecule has 0 spiro atoms. The van der Waals surface area contributed by atoms with Crippen molar-refractivity contribution in [3.8, 4) is 11.5 Å². The zero-order valence-electron chi connectivity index (χ0n) is 20.3. The summed E-state index contributed by atoms with van der Waals surface area (Å²) in [5.41, 5.74) is 0.218. The molecule has 0 bridgehead atoms. The van der Waals surface area contributed by atoms with E-state index in [1.807, 2.05) is 0 Å². The van der Waals surface area contributed by atoms with E-state index in [0.29, 0.717) is 27.2 Å². The van der Waals surface area contributed by atoms with Crippen LogP contribution in [0.15, 0.2) is 75.8 Å². The molecule has 0 saturated carbocycles. The van der Waals surface area contributed by atoms with Gasteiger partial charge in [-0.05, 0) is 48.2 Å². The molecule has 0 unspecified atom stereocenters. The van der Waals surface area contributed by atoms with Gasteiger partial charge < -0.3 is 15.2 Å². The van der Waals surface area contributed by atoms with Crippen LogP contribution in [0.5, 0.6) is 11.5 Å². The number of anilines is 1. The molecule has 0 aliphatic heterocycles. The average molecular weight is 582 g/mol. The predicted molar refractivity (Wildman–Crippen MR) is 140 cm³/mol. The molecule has 4 rings (SSSR count). The molecule has 0 aliphatic rings. The number of methoxy groups -OCH3 is 1. The van der Waals surface area contributed by atoms with E-state index < -0.39 is 21.8 Å². The number of amides is 1. The summed E-state index contributed by atoms with van der Waals surface area (Å²) in [7, 11) is -3.05. The van der Waals surface area contributed by atoms with Crippen LogP contribution in [0, 0.1) is 6.92 Å². The van der Waals surface area contributed by atoms with Gasteiger partial charge in [0.2, 0.25) is 0 Å². The third-order valence-electron chi connectivity index (χ3n) is 5.48. The van der Waals surface area contributed by atoms with Crippen molar-refractivity contribution in [2.24, 2.45) is 10.2 Å². The Kier molecular flexibility index (Phi) is 9.43. The third kappa shape index (κ3) is 6.13. The van der Waals surface area contributed by atoms with Crippen molar-refractivity contribution < 1.29 is 57.2 Å². The minimum absolute atomic E-state index is 0. The van der Waals surface area contributed by atoms with E-state index in [2.05, 4.69) is 15.5 Å². The number of benzene rings is 4. The minimum Gasteiger partial charge on any atom is -0.870 e. The van der Waals surface area contributed by atoms with Gasteiger partial charge in [-0.15, -0.1) is 5.11 Å². The Hall–Kier alpha value is -2.70. The Morgan fingerprint density at radius 1 is 1.05 bits per heavy atom. The first-order valence-corrected chi connectivity index (χ1v) is 12.8. The van der Waals surface area contributed by atoms with Gasteiger partial charge in [-0.1, -0.05) is 53.2 Å². The van der Waals surface area contributed by atoms with Crippen LogP contribution in [0.25, 0.3) is 10.8 Å². The number of rotatable bonds is 6. The van der Waals surface area contributed by atoms with Gasteiger partial charge in [0.15, 0.2) is 0 Å². The van der Waals surface area contributed by atoms with Crippen molar-refractivity contribution in [3.63, 3.8) is 0 Å². The molecule has 2 N–H and O–H groups in total. The summed E-state index contributed by atoms with van der Waals surface area (Å²) >= 11 is 12.3. The number of azo groups is 1. The minimum atomic E-state index is -4.49. The van der Waals surface area contributed by atoms with Gasteiger partial charge in [0, 0.05) is 22.7 Å². The van der Waals surface area contributed by atoms with Crippen LogP contribution in [0.3, 0.4) is 0 Å². The zero-order valence-corrected chi connectivity index (χ0v) is 24.6. The number of ether oxygens (including phenoxy) is 1. The number of hydrogen-bond acceptors (Lipinski definition) is 7. The molecule has 4 aromatic carbocycles. The monoisotopic (exact) mass is 581 g/mol. The number of fused-ring (bicyclic) bond motifs is 1. The van der Waals surface area contributed by atoms with Crippen LogP contribution < -0.4 is 44.7 Å². The molecule has 38 heavy (non-hydrogen) atoms. The fourth-order valence-corrected chi connectivity index (χ4v) is 4.81. The second kappa shape index (κ2) is 12.0. The van der Waals surface area contributed by atoms with Gasteiger partial charge in [-0.25, -0.2) is 0 Å². The molecule has 0 fully saturated rings. The topological polar surface area (TPSA) is 140 Å². The summed E-state index contributed by atoms with van der Waals surface area (Å²) in [6.07, 6.45) is 0. The largest absolute Gasteiger partial charge is 1.00 e. The van der Waals surface area contributed by atoms with Gasteiger partial charge >= 0.3 is 29.6 Å². The van der Waals surface area contributed by atoms with E-state index in [1.54, 1.807) is 36.4 Å². The normalized spacial score (nSPS) is 11.4. The van der Waals surface area contributed by atoms with Crippen molar-refractivity contribution in [1.82, 2.24) is 0 Å². The first-order valence-electron chi connectivity index (χ1n) is 10.6. The van der Waals surface area contributed by atoms with Crippen molar-refractivity contribution >= 4 is 67.1 Å². The summed E-state index contributed by atoms with van der Waals surface area (Å²) in [5.74, 6) is -1.01. The van der Waals surface area contributed by atoms with Crippen molar-refractivity contribution in [3.05, 3.63) is 81.8 Å². The fourth-order valence-electron chi connectivity index (χ4n) is 3.63. The molecule has 0 aliphatic carbocycles. The van der Waals surface area contributed by atoms with Gasteiger partial charge in [0.1, 0.15) is 11.4 Å². The molecule has 0 atom stereocenters. The third-order valence-corrected chi connectivity index (χ3v) is 7.27. The van der Waals surface area contributed by atoms with E-state index in [1.165, 1.54) is 32.2 Å². The molecule has 9 nitrogen and oxygen atoms in total. The Bertz CT molecular complexity index is 1700. The molecule has 0 heterocycles. The Morgan fingerprint density at radius 3 is 2.45 bits per heavy atom. The zero-order chi connectivity index (χ0) is 26.9. The van der Waals surface area contributed by atoms with Crippen molar-refractivity contribution in [1.29, 1.82) is 0 Å². The molecular formula is C25H18Cl2N3NaO6S. The average Bonchev–Trinajstić information content (AvgIpc) is 2.85. The van der Waals surface area contributed by atoms with Crippen LogP contribution in [0.1, 0.15) is 15.9 Å². The number of nitrogens with zero attached hydrogens (tertiary/aromatic N) is 2. The molecule has 0 aromatic heterocycles. The number of nitrogens with one attached hydrogen (secondary N) is 1. The number of carbonyl (C=O) groups is 1. The maximum Gasteiger partial charge on any atom is 1.00 e. The molecule has 4 aromatic rings. The maximum atomic E-state index is 13.3. The quantitative estimate of drug-likeness (QED) is 0.203. The van der Waals surface area contributed by atoms with E-state index >= 15 is 0 Å². The Morgan fingerprint density at radius 2 is 1.76 bits per heavy atom.